The molecule has 1 saturated heterocycles. The Morgan fingerprint density at radius 1 is 0.967 bits per heavy atom. The number of rotatable bonds is 4. The maximum absolute atomic E-state index is 13.4. The standard InChI is InChI=1S/C24H28N4O2/c1-17(2)16-28-23(29)20-10-6-5-9-19(20)22(25-28)24(30)27-14-12-26(13-15-27)21-11-7-4-8-18(21)3/h4-11,17H,12-16H2,1-3H3. The number of fused-ring (bicyclic) bond motifs is 1. The fourth-order valence-corrected chi connectivity index (χ4v) is 4.08. The van der Waals surface area contributed by atoms with Crippen LogP contribution in [-0.2, 0) is 6.54 Å². The summed E-state index contributed by atoms with van der Waals surface area (Å²) in [5.41, 5.74) is 2.69. The molecule has 1 amide bonds. The minimum Gasteiger partial charge on any atom is -0.368 e. The molecule has 1 fully saturated rings. The van der Waals surface area contributed by atoms with Crippen LogP contribution in [0.5, 0.6) is 0 Å². The van der Waals surface area contributed by atoms with Crippen molar-refractivity contribution >= 4 is 22.4 Å². The van der Waals surface area contributed by atoms with Gasteiger partial charge in [0.2, 0.25) is 0 Å². The van der Waals surface area contributed by atoms with Gasteiger partial charge in [-0.25, -0.2) is 4.68 Å². The second-order valence-electron chi connectivity index (χ2n) is 8.34. The van der Waals surface area contributed by atoms with Crippen LogP contribution in [0, 0.1) is 12.8 Å². The van der Waals surface area contributed by atoms with Crippen LogP contribution >= 0.6 is 0 Å². The zero-order valence-corrected chi connectivity index (χ0v) is 17.8. The fourth-order valence-electron chi connectivity index (χ4n) is 4.08. The first-order chi connectivity index (χ1) is 14.5. The van der Waals surface area contributed by atoms with E-state index in [0.29, 0.717) is 36.1 Å². The van der Waals surface area contributed by atoms with E-state index in [1.54, 1.807) is 6.07 Å². The second kappa shape index (κ2) is 8.30. The number of piperazine rings is 1. The van der Waals surface area contributed by atoms with Crippen molar-refractivity contribution in [1.82, 2.24) is 14.7 Å². The molecule has 1 aliphatic rings. The largest absolute Gasteiger partial charge is 0.368 e. The molecule has 0 aliphatic carbocycles. The molecule has 6 heteroatoms. The van der Waals surface area contributed by atoms with E-state index in [1.807, 2.05) is 49.1 Å². The summed E-state index contributed by atoms with van der Waals surface area (Å²) in [5, 5.41) is 5.69. The Morgan fingerprint density at radius 3 is 2.27 bits per heavy atom. The molecule has 4 rings (SSSR count). The Hall–Kier alpha value is -3.15. The molecular weight excluding hydrogens is 376 g/mol. The van der Waals surface area contributed by atoms with Crippen molar-refractivity contribution in [3.05, 3.63) is 70.1 Å². The first-order valence-corrected chi connectivity index (χ1v) is 10.6. The predicted octanol–water partition coefficient (Wildman–Crippen LogP) is 3.32. The monoisotopic (exact) mass is 404 g/mol. The molecule has 0 spiro atoms. The molecule has 0 unspecified atom stereocenters. The van der Waals surface area contributed by atoms with Gasteiger partial charge in [-0.1, -0.05) is 50.2 Å². The van der Waals surface area contributed by atoms with Gasteiger partial charge in [0.05, 0.1) is 5.39 Å². The van der Waals surface area contributed by atoms with Gasteiger partial charge in [0.25, 0.3) is 11.5 Å². The Bertz CT molecular complexity index is 1130. The lowest BCUT2D eigenvalue weighted by Gasteiger charge is -2.36. The van der Waals surface area contributed by atoms with Gasteiger partial charge in [-0.15, -0.1) is 0 Å². The molecular formula is C24H28N4O2. The van der Waals surface area contributed by atoms with Crippen molar-refractivity contribution in [1.29, 1.82) is 0 Å². The number of aromatic nitrogens is 2. The topological polar surface area (TPSA) is 58.4 Å². The highest BCUT2D eigenvalue weighted by atomic mass is 16.2. The van der Waals surface area contributed by atoms with E-state index in [2.05, 4.69) is 29.1 Å². The van der Waals surface area contributed by atoms with Crippen molar-refractivity contribution in [2.24, 2.45) is 5.92 Å². The van der Waals surface area contributed by atoms with E-state index >= 15 is 0 Å². The average Bonchev–Trinajstić information content (AvgIpc) is 2.75. The third-order valence-corrected chi connectivity index (χ3v) is 5.63. The molecule has 0 saturated carbocycles. The van der Waals surface area contributed by atoms with E-state index in [0.717, 1.165) is 13.1 Å². The lowest BCUT2D eigenvalue weighted by Crippen LogP contribution is -2.49. The van der Waals surface area contributed by atoms with Gasteiger partial charge in [-0.05, 0) is 30.5 Å². The Balaban J connectivity index is 1.62. The molecule has 1 aromatic heterocycles. The van der Waals surface area contributed by atoms with Gasteiger partial charge in [-0.3, -0.25) is 9.59 Å². The van der Waals surface area contributed by atoms with Gasteiger partial charge in [-0.2, -0.15) is 5.10 Å². The summed E-state index contributed by atoms with van der Waals surface area (Å²) in [6.45, 7) is 9.50. The first kappa shape index (κ1) is 20.1. The Labute approximate surface area is 176 Å². The summed E-state index contributed by atoms with van der Waals surface area (Å²) in [5.74, 6) is 0.158. The van der Waals surface area contributed by atoms with E-state index in [4.69, 9.17) is 0 Å². The van der Waals surface area contributed by atoms with Gasteiger partial charge in [0.15, 0.2) is 5.69 Å². The SMILES string of the molecule is Cc1ccccc1N1CCN(C(=O)c2nn(CC(C)C)c(=O)c3ccccc23)CC1. The summed E-state index contributed by atoms with van der Waals surface area (Å²) < 4.78 is 1.45. The number of amides is 1. The summed E-state index contributed by atoms with van der Waals surface area (Å²) in [6, 6.07) is 15.6. The molecule has 3 aromatic rings. The zero-order chi connectivity index (χ0) is 21.3. The number of carbonyl (C=O) groups is 1. The number of hydrogen-bond donors (Lipinski definition) is 0. The highest BCUT2D eigenvalue weighted by molar-refractivity contribution is 6.04. The van der Waals surface area contributed by atoms with Crippen LogP contribution in [0.3, 0.4) is 0 Å². The quantitative estimate of drug-likeness (QED) is 0.669. The van der Waals surface area contributed by atoms with E-state index in [9.17, 15) is 9.59 Å². The second-order valence-corrected chi connectivity index (χ2v) is 8.34. The first-order valence-electron chi connectivity index (χ1n) is 10.6. The third-order valence-electron chi connectivity index (χ3n) is 5.63. The summed E-state index contributed by atoms with van der Waals surface area (Å²) in [7, 11) is 0. The molecule has 156 valence electrons. The fraction of sp³-hybridized carbons (Fsp3) is 0.375. The molecule has 2 aromatic carbocycles. The maximum Gasteiger partial charge on any atom is 0.275 e. The smallest absolute Gasteiger partial charge is 0.275 e. The number of anilines is 1. The van der Waals surface area contributed by atoms with E-state index < -0.39 is 0 Å². The van der Waals surface area contributed by atoms with Crippen LogP contribution < -0.4 is 10.5 Å². The minimum atomic E-state index is -0.139. The molecule has 30 heavy (non-hydrogen) atoms. The minimum absolute atomic E-state index is 0.104. The molecule has 0 bridgehead atoms. The van der Waals surface area contributed by atoms with Crippen molar-refractivity contribution < 1.29 is 4.79 Å². The number of carbonyl (C=O) groups excluding carboxylic acids is 1. The number of benzene rings is 2. The molecule has 0 radical (unpaired) electrons. The summed E-state index contributed by atoms with van der Waals surface area (Å²) in [6.07, 6.45) is 0. The predicted molar refractivity (Wildman–Crippen MR) is 120 cm³/mol. The number of aryl methyl sites for hydroxylation is 1. The molecule has 1 aliphatic heterocycles. The lowest BCUT2D eigenvalue weighted by atomic mass is 10.1. The molecule has 0 N–H and O–H groups in total. The van der Waals surface area contributed by atoms with Crippen LogP contribution in [0.25, 0.3) is 10.8 Å². The summed E-state index contributed by atoms with van der Waals surface area (Å²) >= 11 is 0. The van der Waals surface area contributed by atoms with Crippen LogP contribution in [-0.4, -0.2) is 46.8 Å². The van der Waals surface area contributed by atoms with Gasteiger partial charge in [0.1, 0.15) is 0 Å². The van der Waals surface area contributed by atoms with Crippen LogP contribution in [0.15, 0.2) is 53.3 Å². The molecule has 0 atom stereocenters. The van der Waals surface area contributed by atoms with Crippen molar-refractivity contribution in [3.8, 4) is 0 Å². The number of nitrogens with zero attached hydrogens (tertiary/aromatic N) is 4. The van der Waals surface area contributed by atoms with Crippen LogP contribution in [0.1, 0.15) is 29.9 Å². The lowest BCUT2D eigenvalue weighted by molar-refractivity contribution is 0.0740. The van der Waals surface area contributed by atoms with E-state index in [-0.39, 0.29) is 17.4 Å². The van der Waals surface area contributed by atoms with Crippen molar-refractivity contribution in [2.75, 3.05) is 31.1 Å². The van der Waals surface area contributed by atoms with Gasteiger partial charge in [0, 0.05) is 43.8 Å². The number of para-hydroxylation sites is 1. The highest BCUT2D eigenvalue weighted by Gasteiger charge is 2.26. The normalized spacial score (nSPS) is 14.5. The Kier molecular flexibility index (Phi) is 5.57. The van der Waals surface area contributed by atoms with Gasteiger partial charge < -0.3 is 9.80 Å². The van der Waals surface area contributed by atoms with Crippen LogP contribution in [0.2, 0.25) is 0 Å². The van der Waals surface area contributed by atoms with E-state index in [1.165, 1.54) is 15.9 Å². The highest BCUT2D eigenvalue weighted by Crippen LogP contribution is 2.22. The Morgan fingerprint density at radius 2 is 1.60 bits per heavy atom. The molecule has 2 heterocycles. The van der Waals surface area contributed by atoms with Crippen LogP contribution in [0.4, 0.5) is 5.69 Å². The summed E-state index contributed by atoms with van der Waals surface area (Å²) in [4.78, 5) is 30.4. The maximum atomic E-state index is 13.4. The molecule has 6 nitrogen and oxygen atoms in total. The third kappa shape index (κ3) is 3.82. The van der Waals surface area contributed by atoms with Crippen molar-refractivity contribution in [3.63, 3.8) is 0 Å². The number of hydrogen-bond acceptors (Lipinski definition) is 4. The van der Waals surface area contributed by atoms with Crippen molar-refractivity contribution in [2.45, 2.75) is 27.3 Å². The van der Waals surface area contributed by atoms with Gasteiger partial charge >= 0.3 is 0 Å². The average molecular weight is 405 g/mol. The zero-order valence-electron chi connectivity index (χ0n) is 17.8.